The number of para-hydroxylation sites is 1. The molecule has 0 bridgehead atoms. The summed E-state index contributed by atoms with van der Waals surface area (Å²) in [6, 6.07) is 6.03. The molecule has 2 N–H and O–H groups in total. The molecule has 22 heavy (non-hydrogen) atoms. The van der Waals surface area contributed by atoms with Crippen molar-refractivity contribution >= 4 is 11.6 Å². The van der Waals surface area contributed by atoms with Crippen LogP contribution < -0.4 is 10.6 Å². The topological polar surface area (TPSA) is 84.3 Å². The van der Waals surface area contributed by atoms with E-state index in [2.05, 4.69) is 38.3 Å². The minimum atomic E-state index is -0.523. The molecule has 0 aromatic heterocycles. The predicted molar refractivity (Wildman–Crippen MR) is 84.9 cm³/mol. The molecule has 6 nitrogen and oxygen atoms in total. The largest absolute Gasteiger partial charge is 0.349 e. The highest BCUT2D eigenvalue weighted by Crippen LogP contribution is 2.29. The Hall–Kier alpha value is -1.95. The SMILES string of the molecule is CC1(C)CC(NC(=O)c2ccccc2[N+](=O)[O-])CC(C)(C)N1. The van der Waals surface area contributed by atoms with E-state index in [0.29, 0.717) is 0 Å². The lowest BCUT2D eigenvalue weighted by Crippen LogP contribution is -2.62. The van der Waals surface area contributed by atoms with Crippen molar-refractivity contribution in [1.29, 1.82) is 0 Å². The van der Waals surface area contributed by atoms with E-state index in [4.69, 9.17) is 0 Å². The quantitative estimate of drug-likeness (QED) is 0.664. The van der Waals surface area contributed by atoms with Gasteiger partial charge in [-0.2, -0.15) is 0 Å². The molecule has 0 radical (unpaired) electrons. The number of nitrogens with zero attached hydrogens (tertiary/aromatic N) is 1. The number of rotatable bonds is 3. The van der Waals surface area contributed by atoms with Crippen LogP contribution in [0.2, 0.25) is 0 Å². The van der Waals surface area contributed by atoms with E-state index in [9.17, 15) is 14.9 Å². The van der Waals surface area contributed by atoms with Crippen LogP contribution in [0.25, 0.3) is 0 Å². The highest BCUT2D eigenvalue weighted by atomic mass is 16.6. The lowest BCUT2D eigenvalue weighted by Gasteiger charge is -2.46. The Balaban J connectivity index is 2.17. The minimum absolute atomic E-state index is 0.0152. The average molecular weight is 305 g/mol. The van der Waals surface area contributed by atoms with Crippen molar-refractivity contribution in [2.45, 2.75) is 57.7 Å². The van der Waals surface area contributed by atoms with Crippen molar-refractivity contribution in [3.8, 4) is 0 Å². The molecule has 6 heteroatoms. The van der Waals surface area contributed by atoms with Crippen molar-refractivity contribution in [1.82, 2.24) is 10.6 Å². The van der Waals surface area contributed by atoms with Gasteiger partial charge in [0.05, 0.1) is 4.92 Å². The smallest absolute Gasteiger partial charge is 0.282 e. The van der Waals surface area contributed by atoms with Crippen LogP contribution in [-0.2, 0) is 0 Å². The molecule has 2 rings (SSSR count). The molecular formula is C16H23N3O3. The van der Waals surface area contributed by atoms with Crippen LogP contribution in [-0.4, -0.2) is 28.0 Å². The van der Waals surface area contributed by atoms with Gasteiger partial charge in [-0.1, -0.05) is 12.1 Å². The molecule has 1 aromatic rings. The highest BCUT2D eigenvalue weighted by Gasteiger charge is 2.38. The number of hydrogen-bond acceptors (Lipinski definition) is 4. The molecule has 1 aliphatic heterocycles. The Morgan fingerprint density at radius 3 is 2.32 bits per heavy atom. The first-order valence-electron chi connectivity index (χ1n) is 7.43. The van der Waals surface area contributed by atoms with E-state index in [1.807, 2.05) is 0 Å². The molecule has 120 valence electrons. The summed E-state index contributed by atoms with van der Waals surface area (Å²) in [5.41, 5.74) is -0.237. The van der Waals surface area contributed by atoms with Crippen LogP contribution in [0.15, 0.2) is 24.3 Å². The second-order valence-corrected chi connectivity index (χ2v) is 7.25. The van der Waals surface area contributed by atoms with Gasteiger partial charge in [0, 0.05) is 23.2 Å². The molecule has 0 saturated carbocycles. The number of piperidine rings is 1. The molecule has 0 unspecified atom stereocenters. The maximum absolute atomic E-state index is 12.4. The maximum atomic E-state index is 12.4. The Morgan fingerprint density at radius 1 is 1.23 bits per heavy atom. The molecule has 0 spiro atoms. The Morgan fingerprint density at radius 2 is 1.77 bits per heavy atom. The number of amides is 1. The molecular weight excluding hydrogens is 282 g/mol. The van der Waals surface area contributed by atoms with Gasteiger partial charge < -0.3 is 10.6 Å². The second kappa shape index (κ2) is 5.68. The van der Waals surface area contributed by atoms with Gasteiger partial charge in [-0.3, -0.25) is 14.9 Å². The summed E-state index contributed by atoms with van der Waals surface area (Å²) in [6.45, 7) is 8.38. The fraction of sp³-hybridized carbons (Fsp3) is 0.562. The number of nitro groups is 1. The standard InChI is InChI=1S/C16H23N3O3/c1-15(2)9-11(10-16(3,4)18-15)17-14(20)12-7-5-6-8-13(12)19(21)22/h5-8,11,18H,9-10H2,1-4H3,(H,17,20). The maximum Gasteiger partial charge on any atom is 0.282 e. The number of benzene rings is 1. The number of nitro benzene ring substituents is 1. The molecule has 1 aliphatic rings. The summed E-state index contributed by atoms with van der Waals surface area (Å²) < 4.78 is 0. The molecule has 0 atom stereocenters. The first-order valence-corrected chi connectivity index (χ1v) is 7.43. The molecule has 1 fully saturated rings. The zero-order valence-corrected chi connectivity index (χ0v) is 13.5. The van der Waals surface area contributed by atoms with E-state index in [-0.39, 0.29) is 34.3 Å². The first kappa shape index (κ1) is 16.4. The van der Waals surface area contributed by atoms with Crippen molar-refractivity contribution in [3.05, 3.63) is 39.9 Å². The van der Waals surface area contributed by atoms with Crippen LogP contribution in [0.1, 0.15) is 50.9 Å². The van der Waals surface area contributed by atoms with Gasteiger partial charge in [0.25, 0.3) is 11.6 Å². The van der Waals surface area contributed by atoms with Gasteiger partial charge in [-0.25, -0.2) is 0 Å². The van der Waals surface area contributed by atoms with Gasteiger partial charge in [-0.05, 0) is 46.6 Å². The minimum Gasteiger partial charge on any atom is -0.349 e. The summed E-state index contributed by atoms with van der Waals surface area (Å²) >= 11 is 0. The van der Waals surface area contributed by atoms with E-state index in [0.717, 1.165) is 12.8 Å². The number of hydrogen-bond donors (Lipinski definition) is 2. The third-order valence-corrected chi connectivity index (χ3v) is 3.87. The van der Waals surface area contributed by atoms with Gasteiger partial charge in [0.15, 0.2) is 0 Å². The molecule has 1 heterocycles. The van der Waals surface area contributed by atoms with E-state index >= 15 is 0 Å². The number of carbonyl (C=O) groups is 1. The lowest BCUT2D eigenvalue weighted by atomic mass is 9.79. The Bertz CT molecular complexity index is 580. The van der Waals surface area contributed by atoms with Crippen LogP contribution in [0, 0.1) is 10.1 Å². The number of nitrogens with one attached hydrogen (secondary N) is 2. The number of carbonyl (C=O) groups excluding carboxylic acids is 1. The fourth-order valence-electron chi connectivity index (χ4n) is 3.51. The zero-order valence-electron chi connectivity index (χ0n) is 13.5. The van der Waals surface area contributed by atoms with Crippen LogP contribution in [0.3, 0.4) is 0 Å². The van der Waals surface area contributed by atoms with E-state index in [1.54, 1.807) is 12.1 Å². The molecule has 0 aliphatic carbocycles. The Kier molecular flexibility index (Phi) is 4.24. The van der Waals surface area contributed by atoms with Gasteiger partial charge >= 0.3 is 0 Å². The van der Waals surface area contributed by atoms with Crippen molar-refractivity contribution in [2.75, 3.05) is 0 Å². The van der Waals surface area contributed by atoms with Gasteiger partial charge in [0.2, 0.25) is 0 Å². The third kappa shape index (κ3) is 3.82. The van der Waals surface area contributed by atoms with Gasteiger partial charge in [0.1, 0.15) is 5.56 Å². The third-order valence-electron chi connectivity index (χ3n) is 3.87. The molecule has 1 aromatic carbocycles. The molecule has 1 amide bonds. The summed E-state index contributed by atoms with van der Waals surface area (Å²) in [6.07, 6.45) is 1.56. The van der Waals surface area contributed by atoms with E-state index < -0.39 is 4.92 Å². The predicted octanol–water partition coefficient (Wildman–Crippen LogP) is 2.63. The van der Waals surface area contributed by atoms with Gasteiger partial charge in [-0.15, -0.1) is 0 Å². The second-order valence-electron chi connectivity index (χ2n) is 7.25. The fourth-order valence-corrected chi connectivity index (χ4v) is 3.51. The Labute approximate surface area is 130 Å². The van der Waals surface area contributed by atoms with E-state index in [1.165, 1.54) is 12.1 Å². The summed E-state index contributed by atoms with van der Waals surface area (Å²) in [5.74, 6) is -0.384. The summed E-state index contributed by atoms with van der Waals surface area (Å²) in [7, 11) is 0. The summed E-state index contributed by atoms with van der Waals surface area (Å²) in [5, 5.41) is 17.5. The molecule has 1 saturated heterocycles. The normalized spacial score (nSPS) is 20.4. The van der Waals surface area contributed by atoms with Crippen molar-refractivity contribution in [2.24, 2.45) is 0 Å². The lowest BCUT2D eigenvalue weighted by molar-refractivity contribution is -0.385. The first-order chi connectivity index (χ1) is 10.1. The highest BCUT2D eigenvalue weighted by molar-refractivity contribution is 5.98. The van der Waals surface area contributed by atoms with Crippen LogP contribution in [0.4, 0.5) is 5.69 Å². The monoisotopic (exact) mass is 305 g/mol. The van der Waals surface area contributed by atoms with Crippen LogP contribution >= 0.6 is 0 Å². The van der Waals surface area contributed by atoms with Crippen molar-refractivity contribution < 1.29 is 9.72 Å². The van der Waals surface area contributed by atoms with Crippen molar-refractivity contribution in [3.63, 3.8) is 0 Å². The average Bonchev–Trinajstić information content (AvgIpc) is 2.34. The summed E-state index contributed by atoms with van der Waals surface area (Å²) in [4.78, 5) is 22.9. The zero-order chi connectivity index (χ0) is 16.5. The van der Waals surface area contributed by atoms with Crippen LogP contribution in [0.5, 0.6) is 0 Å².